The van der Waals surface area contributed by atoms with Gasteiger partial charge in [0.25, 0.3) is 0 Å². The Kier molecular flexibility index (Phi) is 4.31. The molecule has 0 fully saturated rings. The van der Waals surface area contributed by atoms with Crippen molar-refractivity contribution in [1.29, 1.82) is 0 Å². The number of ketones is 1. The molecule has 0 saturated carbocycles. The Morgan fingerprint density at radius 3 is 2.10 bits per heavy atom. The van der Waals surface area contributed by atoms with Crippen LogP contribution in [0.15, 0.2) is 53.4 Å². The Bertz CT molecular complexity index is 598. The molecule has 0 aliphatic carbocycles. The fourth-order valence-corrected chi connectivity index (χ4v) is 2.44. The second-order valence-electron chi connectivity index (χ2n) is 5.00. The molecular weight excluding hydrogens is 268 g/mol. The summed E-state index contributed by atoms with van der Waals surface area (Å²) < 4.78 is 0. The number of rotatable bonds is 4. The lowest BCUT2D eigenvalue weighted by Crippen LogP contribution is -2.32. The molecule has 0 aromatic heterocycles. The highest BCUT2D eigenvalue weighted by Crippen LogP contribution is 2.27. The average Bonchev–Trinajstić information content (AvgIpc) is 2.47. The van der Waals surface area contributed by atoms with Crippen molar-refractivity contribution in [1.82, 2.24) is 0 Å². The summed E-state index contributed by atoms with van der Waals surface area (Å²) in [5, 5.41) is 10.6. The number of Topliss-reactive ketones (excluding diaryl/α,β-unsaturated/α-hetero) is 1. The average molecular weight is 286 g/mol. The number of aryl methyl sites for hydroxylation is 1. The van der Waals surface area contributed by atoms with Crippen LogP contribution >= 0.6 is 11.8 Å². The van der Waals surface area contributed by atoms with Gasteiger partial charge < -0.3 is 5.11 Å². The highest BCUT2D eigenvalue weighted by atomic mass is 32.2. The topological polar surface area (TPSA) is 37.3 Å². The van der Waals surface area contributed by atoms with Gasteiger partial charge >= 0.3 is 0 Å². The molecule has 0 amide bonds. The normalized spacial score (nSPS) is 13.8. The van der Waals surface area contributed by atoms with Crippen LogP contribution in [0, 0.1) is 6.92 Å². The van der Waals surface area contributed by atoms with E-state index in [4.69, 9.17) is 0 Å². The third-order valence-corrected chi connectivity index (χ3v) is 4.15. The largest absolute Gasteiger partial charge is 0.377 e. The minimum absolute atomic E-state index is 0.283. The van der Waals surface area contributed by atoms with Crippen LogP contribution in [-0.2, 0) is 5.60 Å². The van der Waals surface area contributed by atoms with E-state index < -0.39 is 5.60 Å². The molecule has 0 aliphatic rings. The molecule has 2 aromatic rings. The molecule has 1 N–H and O–H groups in total. The molecule has 3 heteroatoms. The number of aliphatic hydroxyl groups is 1. The molecule has 0 heterocycles. The second kappa shape index (κ2) is 5.81. The zero-order valence-electron chi connectivity index (χ0n) is 11.9. The zero-order valence-corrected chi connectivity index (χ0v) is 12.7. The molecule has 2 aromatic carbocycles. The van der Waals surface area contributed by atoms with Crippen molar-refractivity contribution in [2.45, 2.75) is 24.3 Å². The lowest BCUT2D eigenvalue weighted by atomic mass is 9.87. The Morgan fingerprint density at radius 2 is 1.60 bits per heavy atom. The summed E-state index contributed by atoms with van der Waals surface area (Å²) in [4.78, 5) is 13.6. The van der Waals surface area contributed by atoms with Gasteiger partial charge in [-0.1, -0.05) is 42.0 Å². The maximum atomic E-state index is 12.5. The van der Waals surface area contributed by atoms with Crippen molar-refractivity contribution in [3.8, 4) is 0 Å². The second-order valence-corrected chi connectivity index (χ2v) is 5.88. The highest BCUT2D eigenvalue weighted by molar-refractivity contribution is 7.98. The fourth-order valence-electron chi connectivity index (χ4n) is 2.03. The van der Waals surface area contributed by atoms with Crippen LogP contribution in [0.1, 0.15) is 28.4 Å². The Morgan fingerprint density at radius 1 is 1.05 bits per heavy atom. The molecule has 0 spiro atoms. The van der Waals surface area contributed by atoms with Gasteiger partial charge in [-0.3, -0.25) is 4.79 Å². The lowest BCUT2D eigenvalue weighted by Gasteiger charge is -2.22. The first-order valence-electron chi connectivity index (χ1n) is 6.43. The molecule has 2 rings (SSSR count). The minimum Gasteiger partial charge on any atom is -0.377 e. The SMILES string of the molecule is CSc1ccc(C(C)(O)C(=O)c2ccc(C)cc2)cc1. The van der Waals surface area contributed by atoms with Crippen LogP contribution in [-0.4, -0.2) is 17.1 Å². The van der Waals surface area contributed by atoms with Gasteiger partial charge in [0.15, 0.2) is 5.78 Å². The first kappa shape index (κ1) is 14.8. The Hall–Kier alpha value is -1.58. The summed E-state index contributed by atoms with van der Waals surface area (Å²) >= 11 is 1.63. The van der Waals surface area contributed by atoms with Crippen LogP contribution in [0.5, 0.6) is 0 Å². The molecule has 104 valence electrons. The highest BCUT2D eigenvalue weighted by Gasteiger charge is 2.32. The van der Waals surface area contributed by atoms with E-state index in [0.29, 0.717) is 11.1 Å². The first-order chi connectivity index (χ1) is 9.45. The van der Waals surface area contributed by atoms with Crippen molar-refractivity contribution < 1.29 is 9.90 Å². The first-order valence-corrected chi connectivity index (χ1v) is 7.66. The quantitative estimate of drug-likeness (QED) is 0.686. The number of carbonyl (C=O) groups is 1. The van der Waals surface area contributed by atoms with E-state index in [1.165, 1.54) is 0 Å². The molecule has 0 bridgehead atoms. The molecule has 1 atom stereocenters. The maximum Gasteiger partial charge on any atom is 0.198 e. The number of benzene rings is 2. The molecule has 0 radical (unpaired) electrons. The Labute approximate surface area is 123 Å². The maximum absolute atomic E-state index is 12.5. The summed E-state index contributed by atoms with van der Waals surface area (Å²) in [6, 6.07) is 14.7. The monoisotopic (exact) mass is 286 g/mol. The molecular formula is C17H18O2S. The van der Waals surface area contributed by atoms with Gasteiger partial charge in [0, 0.05) is 10.5 Å². The van der Waals surface area contributed by atoms with Crippen LogP contribution in [0.2, 0.25) is 0 Å². The van der Waals surface area contributed by atoms with Gasteiger partial charge in [-0.15, -0.1) is 11.8 Å². The smallest absolute Gasteiger partial charge is 0.198 e. The molecule has 0 aliphatic heterocycles. The minimum atomic E-state index is -1.51. The number of thioether (sulfide) groups is 1. The van der Waals surface area contributed by atoms with Gasteiger partial charge in [-0.05, 0) is 37.8 Å². The van der Waals surface area contributed by atoms with Gasteiger partial charge in [0.05, 0.1) is 0 Å². The van der Waals surface area contributed by atoms with Crippen LogP contribution in [0.4, 0.5) is 0 Å². The Balaban J connectivity index is 2.32. The molecule has 2 nitrogen and oxygen atoms in total. The third kappa shape index (κ3) is 2.94. The van der Waals surface area contributed by atoms with Crippen LogP contribution < -0.4 is 0 Å². The summed E-state index contributed by atoms with van der Waals surface area (Å²) in [5.41, 5.74) is 0.715. The predicted molar refractivity (Wildman–Crippen MR) is 83.3 cm³/mol. The lowest BCUT2D eigenvalue weighted by molar-refractivity contribution is 0.0392. The van der Waals surface area contributed by atoms with E-state index in [1.807, 2.05) is 37.4 Å². The summed E-state index contributed by atoms with van der Waals surface area (Å²) in [7, 11) is 0. The summed E-state index contributed by atoms with van der Waals surface area (Å²) in [5.74, 6) is -0.283. The van der Waals surface area contributed by atoms with E-state index in [-0.39, 0.29) is 5.78 Å². The third-order valence-electron chi connectivity index (χ3n) is 3.41. The number of hydrogen-bond acceptors (Lipinski definition) is 3. The molecule has 20 heavy (non-hydrogen) atoms. The van der Waals surface area contributed by atoms with Crippen molar-refractivity contribution in [2.24, 2.45) is 0 Å². The van der Waals surface area contributed by atoms with Gasteiger partial charge in [0.1, 0.15) is 5.60 Å². The zero-order chi connectivity index (χ0) is 14.8. The van der Waals surface area contributed by atoms with Crippen molar-refractivity contribution in [3.63, 3.8) is 0 Å². The number of carbonyl (C=O) groups excluding carboxylic acids is 1. The van der Waals surface area contributed by atoms with Crippen molar-refractivity contribution in [2.75, 3.05) is 6.26 Å². The number of hydrogen-bond donors (Lipinski definition) is 1. The van der Waals surface area contributed by atoms with E-state index >= 15 is 0 Å². The predicted octanol–water partition coefficient (Wildman–Crippen LogP) is 3.81. The van der Waals surface area contributed by atoms with Gasteiger partial charge in [-0.2, -0.15) is 0 Å². The van der Waals surface area contributed by atoms with Crippen molar-refractivity contribution >= 4 is 17.5 Å². The van der Waals surface area contributed by atoms with Gasteiger partial charge in [-0.25, -0.2) is 0 Å². The molecule has 0 saturated heterocycles. The van der Waals surface area contributed by atoms with Crippen LogP contribution in [0.3, 0.4) is 0 Å². The fraction of sp³-hybridized carbons (Fsp3) is 0.235. The molecule has 1 unspecified atom stereocenters. The van der Waals surface area contributed by atoms with E-state index in [1.54, 1.807) is 43.0 Å². The standard InChI is InChI=1S/C17H18O2S/c1-12-4-6-13(7-5-12)16(18)17(2,19)14-8-10-15(20-3)11-9-14/h4-11,19H,1-3H3. The van der Waals surface area contributed by atoms with Gasteiger partial charge in [0.2, 0.25) is 0 Å². The van der Waals surface area contributed by atoms with Crippen molar-refractivity contribution in [3.05, 3.63) is 65.2 Å². The summed E-state index contributed by atoms with van der Waals surface area (Å²) in [6.07, 6.45) is 1.99. The van der Waals surface area contributed by atoms with Crippen LogP contribution in [0.25, 0.3) is 0 Å². The van der Waals surface area contributed by atoms with E-state index in [0.717, 1.165) is 10.5 Å². The van der Waals surface area contributed by atoms with E-state index in [9.17, 15) is 9.90 Å². The van der Waals surface area contributed by atoms with E-state index in [2.05, 4.69) is 0 Å². The summed E-state index contributed by atoms with van der Waals surface area (Å²) in [6.45, 7) is 3.51.